The Bertz CT molecular complexity index is 672. The molecule has 1 fully saturated rings. The lowest BCUT2D eigenvalue weighted by Gasteiger charge is -2.27. The van der Waals surface area contributed by atoms with E-state index in [1.54, 1.807) is 24.7 Å². The number of benzene rings is 1. The minimum Gasteiger partial charge on any atom is -0.396 e. The van der Waals surface area contributed by atoms with Crippen LogP contribution in [0.4, 0.5) is 4.39 Å². The van der Waals surface area contributed by atoms with Crippen LogP contribution in [0.25, 0.3) is 0 Å². The highest BCUT2D eigenvalue weighted by molar-refractivity contribution is 5.76. The number of nitrogens with one attached hydrogen (secondary N) is 1. The maximum absolute atomic E-state index is 13.0. The Hall–Kier alpha value is -2.21. The molecule has 1 unspecified atom stereocenters. The van der Waals surface area contributed by atoms with Gasteiger partial charge in [-0.2, -0.15) is 0 Å². The molecule has 0 bridgehead atoms. The van der Waals surface area contributed by atoms with Crippen LogP contribution in [0.3, 0.4) is 0 Å². The second-order valence-corrected chi connectivity index (χ2v) is 6.60. The van der Waals surface area contributed by atoms with Crippen molar-refractivity contribution in [3.8, 4) is 0 Å². The van der Waals surface area contributed by atoms with Crippen LogP contribution in [0.1, 0.15) is 24.1 Å². The number of amides is 1. The Morgan fingerprint density at radius 3 is 2.83 bits per heavy atom. The van der Waals surface area contributed by atoms with Crippen molar-refractivity contribution in [1.82, 2.24) is 14.9 Å². The molecule has 3 rings (SSSR count). The monoisotopic (exact) mass is 331 g/mol. The maximum atomic E-state index is 13.0. The lowest BCUT2D eigenvalue weighted by atomic mass is 9.81. The summed E-state index contributed by atoms with van der Waals surface area (Å²) in [4.78, 5) is 21.2. The molecule has 0 saturated carbocycles. The van der Waals surface area contributed by atoms with Crippen LogP contribution >= 0.6 is 0 Å². The SMILES string of the molecule is O=C(CCc1cnc[nH]1)N1CCC(CO)(Cc2ccc(F)cc2)C1. The fraction of sp³-hybridized carbons (Fsp3) is 0.444. The molecule has 0 spiro atoms. The minimum atomic E-state index is -0.332. The van der Waals surface area contributed by atoms with Gasteiger partial charge in [0.1, 0.15) is 5.82 Å². The number of hydrogen-bond donors (Lipinski definition) is 2. The van der Waals surface area contributed by atoms with E-state index in [0.717, 1.165) is 17.7 Å². The van der Waals surface area contributed by atoms with Crippen molar-refractivity contribution in [3.63, 3.8) is 0 Å². The van der Waals surface area contributed by atoms with Crippen LogP contribution in [0.5, 0.6) is 0 Å². The van der Waals surface area contributed by atoms with E-state index in [-0.39, 0.29) is 23.7 Å². The van der Waals surface area contributed by atoms with Crippen LogP contribution < -0.4 is 0 Å². The number of carbonyl (C=O) groups excluding carboxylic acids is 1. The van der Waals surface area contributed by atoms with E-state index in [9.17, 15) is 14.3 Å². The summed E-state index contributed by atoms with van der Waals surface area (Å²) in [6.07, 6.45) is 5.81. The molecule has 5 nitrogen and oxygen atoms in total. The summed E-state index contributed by atoms with van der Waals surface area (Å²) in [5.41, 5.74) is 1.60. The zero-order valence-corrected chi connectivity index (χ0v) is 13.5. The van der Waals surface area contributed by atoms with Gasteiger partial charge in [-0.1, -0.05) is 12.1 Å². The van der Waals surface area contributed by atoms with E-state index in [1.165, 1.54) is 12.1 Å². The van der Waals surface area contributed by atoms with E-state index in [1.807, 2.05) is 4.90 Å². The Labute approximate surface area is 140 Å². The van der Waals surface area contributed by atoms with Gasteiger partial charge in [0.2, 0.25) is 5.91 Å². The number of halogens is 1. The van der Waals surface area contributed by atoms with Gasteiger partial charge < -0.3 is 15.0 Å². The number of aromatic amines is 1. The number of hydrogen-bond acceptors (Lipinski definition) is 3. The standard InChI is InChI=1S/C18H22FN3O2/c19-15-3-1-14(2-4-15)9-18(12-23)7-8-22(11-18)17(24)6-5-16-10-20-13-21-16/h1-4,10,13,23H,5-9,11-12H2,(H,20,21). The first kappa shape index (κ1) is 16.6. The topological polar surface area (TPSA) is 69.2 Å². The molecule has 1 aromatic heterocycles. The Morgan fingerprint density at radius 1 is 1.38 bits per heavy atom. The summed E-state index contributed by atoms with van der Waals surface area (Å²) in [7, 11) is 0. The van der Waals surface area contributed by atoms with Crippen molar-refractivity contribution in [1.29, 1.82) is 0 Å². The fourth-order valence-electron chi connectivity index (χ4n) is 3.33. The van der Waals surface area contributed by atoms with Gasteiger partial charge in [0.05, 0.1) is 12.9 Å². The number of aromatic nitrogens is 2. The van der Waals surface area contributed by atoms with Crippen molar-refractivity contribution >= 4 is 5.91 Å². The van der Waals surface area contributed by atoms with Crippen molar-refractivity contribution in [2.24, 2.45) is 5.41 Å². The van der Waals surface area contributed by atoms with Crippen LogP contribution in [-0.4, -0.2) is 45.6 Å². The number of aryl methyl sites for hydroxylation is 1. The average molecular weight is 331 g/mol. The first-order valence-corrected chi connectivity index (χ1v) is 8.21. The van der Waals surface area contributed by atoms with Crippen molar-refractivity contribution in [3.05, 3.63) is 53.9 Å². The molecule has 24 heavy (non-hydrogen) atoms. The predicted molar refractivity (Wildman–Crippen MR) is 87.7 cm³/mol. The Morgan fingerprint density at radius 2 is 2.17 bits per heavy atom. The van der Waals surface area contributed by atoms with E-state index < -0.39 is 0 Å². The smallest absolute Gasteiger partial charge is 0.222 e. The molecular formula is C18H22FN3O2. The van der Waals surface area contributed by atoms with Crippen LogP contribution in [-0.2, 0) is 17.6 Å². The Kier molecular flexibility index (Phi) is 4.94. The van der Waals surface area contributed by atoms with E-state index in [0.29, 0.717) is 32.4 Å². The Balaban J connectivity index is 1.58. The number of likely N-dealkylation sites (tertiary alicyclic amines) is 1. The first-order valence-electron chi connectivity index (χ1n) is 8.21. The molecule has 0 aliphatic carbocycles. The highest BCUT2D eigenvalue weighted by Crippen LogP contribution is 2.34. The van der Waals surface area contributed by atoms with Gasteiger partial charge in [-0.15, -0.1) is 0 Å². The summed E-state index contributed by atoms with van der Waals surface area (Å²) in [5, 5.41) is 9.89. The minimum absolute atomic E-state index is 0.0225. The summed E-state index contributed by atoms with van der Waals surface area (Å²) in [6.45, 7) is 1.22. The molecule has 1 amide bonds. The summed E-state index contributed by atoms with van der Waals surface area (Å²) in [6, 6.07) is 6.36. The first-order chi connectivity index (χ1) is 11.6. The van der Waals surface area contributed by atoms with Crippen LogP contribution in [0.2, 0.25) is 0 Å². The maximum Gasteiger partial charge on any atom is 0.222 e. The molecule has 128 valence electrons. The molecular weight excluding hydrogens is 309 g/mol. The quantitative estimate of drug-likeness (QED) is 0.850. The highest BCUT2D eigenvalue weighted by Gasteiger charge is 2.39. The summed E-state index contributed by atoms with van der Waals surface area (Å²) < 4.78 is 13.0. The predicted octanol–water partition coefficient (Wildman–Crippen LogP) is 1.94. The third-order valence-corrected chi connectivity index (χ3v) is 4.78. The van der Waals surface area contributed by atoms with Crippen molar-refractivity contribution in [2.75, 3.05) is 19.7 Å². The molecule has 1 atom stereocenters. The molecule has 2 heterocycles. The van der Waals surface area contributed by atoms with E-state index >= 15 is 0 Å². The number of H-pyrrole nitrogens is 1. The van der Waals surface area contributed by atoms with E-state index in [4.69, 9.17) is 0 Å². The van der Waals surface area contributed by atoms with Crippen LogP contribution in [0, 0.1) is 11.2 Å². The van der Waals surface area contributed by atoms with Gasteiger partial charge in [-0.05, 0) is 37.0 Å². The zero-order valence-electron chi connectivity index (χ0n) is 13.5. The highest BCUT2D eigenvalue weighted by atomic mass is 19.1. The second-order valence-electron chi connectivity index (χ2n) is 6.60. The molecule has 0 radical (unpaired) electrons. The zero-order chi connectivity index (χ0) is 17.0. The van der Waals surface area contributed by atoms with E-state index in [2.05, 4.69) is 9.97 Å². The molecule has 6 heteroatoms. The van der Waals surface area contributed by atoms with Crippen LogP contribution in [0.15, 0.2) is 36.8 Å². The number of carbonyl (C=O) groups is 1. The van der Waals surface area contributed by atoms with Gasteiger partial charge in [-0.3, -0.25) is 4.79 Å². The average Bonchev–Trinajstić information content (AvgIpc) is 3.25. The lowest BCUT2D eigenvalue weighted by Crippen LogP contribution is -2.35. The van der Waals surface area contributed by atoms with Gasteiger partial charge in [-0.25, -0.2) is 9.37 Å². The third kappa shape index (κ3) is 3.82. The largest absolute Gasteiger partial charge is 0.396 e. The normalized spacial score (nSPS) is 20.5. The fourth-order valence-corrected chi connectivity index (χ4v) is 3.33. The number of aliphatic hydroxyl groups excluding tert-OH is 1. The molecule has 1 aliphatic rings. The van der Waals surface area contributed by atoms with Gasteiger partial charge >= 0.3 is 0 Å². The molecule has 2 N–H and O–H groups in total. The summed E-state index contributed by atoms with van der Waals surface area (Å²) >= 11 is 0. The molecule has 2 aromatic rings. The van der Waals surface area contributed by atoms with Crippen molar-refractivity contribution < 1.29 is 14.3 Å². The molecule has 1 aliphatic heterocycles. The number of nitrogens with zero attached hydrogens (tertiary/aromatic N) is 2. The van der Waals surface area contributed by atoms with Gasteiger partial charge in [0, 0.05) is 36.8 Å². The third-order valence-electron chi connectivity index (χ3n) is 4.78. The van der Waals surface area contributed by atoms with Gasteiger partial charge in [0.15, 0.2) is 0 Å². The number of rotatable bonds is 6. The number of imidazole rings is 1. The number of aliphatic hydroxyl groups is 1. The van der Waals surface area contributed by atoms with Gasteiger partial charge in [0.25, 0.3) is 0 Å². The lowest BCUT2D eigenvalue weighted by molar-refractivity contribution is -0.130. The summed E-state index contributed by atoms with van der Waals surface area (Å²) in [5.74, 6) is -0.169. The second kappa shape index (κ2) is 7.13. The molecule has 1 aromatic carbocycles. The molecule has 1 saturated heterocycles. The van der Waals surface area contributed by atoms with Crippen molar-refractivity contribution in [2.45, 2.75) is 25.7 Å².